The van der Waals surface area contributed by atoms with Gasteiger partial charge in [-0.15, -0.1) is 0 Å². The highest BCUT2D eigenvalue weighted by Gasteiger charge is 1.96. The smallest absolute Gasteiger partial charge is 0.347 e. The van der Waals surface area contributed by atoms with E-state index in [0.717, 1.165) is 11.3 Å². The molecule has 0 aliphatic carbocycles. The summed E-state index contributed by atoms with van der Waals surface area (Å²) in [5, 5.41) is 0. The van der Waals surface area contributed by atoms with Crippen molar-refractivity contribution in [2.24, 2.45) is 0 Å². The highest BCUT2D eigenvalue weighted by molar-refractivity contribution is 5.39. The van der Waals surface area contributed by atoms with Crippen LogP contribution in [0.2, 0.25) is 0 Å². The van der Waals surface area contributed by atoms with Crippen molar-refractivity contribution < 1.29 is 0 Å². The summed E-state index contributed by atoms with van der Waals surface area (Å²) >= 11 is 0. The Kier molecular flexibility index (Phi) is 2.49. The molecule has 2 aromatic rings. The van der Waals surface area contributed by atoms with E-state index in [1.54, 1.807) is 16.8 Å². The first-order valence-electron chi connectivity index (χ1n) is 4.61. The summed E-state index contributed by atoms with van der Waals surface area (Å²) in [5.74, 6) is 0. The van der Waals surface area contributed by atoms with Crippen molar-refractivity contribution in [3.63, 3.8) is 0 Å². The van der Waals surface area contributed by atoms with Crippen LogP contribution in [-0.4, -0.2) is 9.55 Å². The second-order valence-corrected chi connectivity index (χ2v) is 3.27. The molecule has 0 saturated carbocycles. The minimum atomic E-state index is -0.241. The third kappa shape index (κ3) is 2.22. The Morgan fingerprint density at radius 3 is 2.67 bits per heavy atom. The molecule has 76 valence electrons. The standard InChI is InChI=1S/C11H11N3O/c12-10-4-2-9(3-5-10)8-14-7-1-6-13-11(14)15/h1-7H,8,12H2. The van der Waals surface area contributed by atoms with Gasteiger partial charge in [-0.25, -0.2) is 9.78 Å². The summed E-state index contributed by atoms with van der Waals surface area (Å²) < 4.78 is 1.55. The monoisotopic (exact) mass is 201 g/mol. The minimum absolute atomic E-state index is 0.241. The van der Waals surface area contributed by atoms with Gasteiger partial charge < -0.3 is 5.73 Å². The molecule has 0 spiro atoms. The highest BCUT2D eigenvalue weighted by atomic mass is 16.1. The predicted octanol–water partition coefficient (Wildman–Crippen LogP) is 0.874. The van der Waals surface area contributed by atoms with Gasteiger partial charge in [-0.1, -0.05) is 12.1 Å². The SMILES string of the molecule is Nc1ccc(Cn2cccnc2=O)cc1. The van der Waals surface area contributed by atoms with Gasteiger partial charge in [-0.05, 0) is 23.8 Å². The minimum Gasteiger partial charge on any atom is -0.399 e. The van der Waals surface area contributed by atoms with Crippen molar-refractivity contribution >= 4 is 5.69 Å². The fourth-order valence-electron chi connectivity index (χ4n) is 1.33. The lowest BCUT2D eigenvalue weighted by Gasteiger charge is -2.04. The molecule has 0 unspecified atom stereocenters. The topological polar surface area (TPSA) is 60.9 Å². The molecule has 1 aromatic heterocycles. The van der Waals surface area contributed by atoms with Crippen LogP contribution in [0.1, 0.15) is 5.56 Å². The van der Waals surface area contributed by atoms with Gasteiger partial charge in [-0.2, -0.15) is 0 Å². The quantitative estimate of drug-likeness (QED) is 0.733. The van der Waals surface area contributed by atoms with Gasteiger partial charge in [0.1, 0.15) is 0 Å². The number of rotatable bonds is 2. The van der Waals surface area contributed by atoms with Gasteiger partial charge in [0.25, 0.3) is 0 Å². The van der Waals surface area contributed by atoms with E-state index in [0.29, 0.717) is 6.54 Å². The van der Waals surface area contributed by atoms with Crippen LogP contribution in [0.25, 0.3) is 0 Å². The predicted molar refractivity (Wildman–Crippen MR) is 58.5 cm³/mol. The molecule has 0 atom stereocenters. The molecule has 0 amide bonds. The molecular weight excluding hydrogens is 190 g/mol. The summed E-state index contributed by atoms with van der Waals surface area (Å²) in [5.41, 5.74) is 7.07. The molecule has 4 nitrogen and oxygen atoms in total. The normalized spacial score (nSPS) is 10.1. The zero-order chi connectivity index (χ0) is 10.7. The molecule has 4 heteroatoms. The number of hydrogen-bond acceptors (Lipinski definition) is 3. The van der Waals surface area contributed by atoms with Gasteiger partial charge >= 0.3 is 5.69 Å². The first-order valence-corrected chi connectivity index (χ1v) is 4.61. The fourth-order valence-corrected chi connectivity index (χ4v) is 1.33. The van der Waals surface area contributed by atoms with Crippen molar-refractivity contribution in [1.82, 2.24) is 9.55 Å². The van der Waals surface area contributed by atoms with Crippen LogP contribution < -0.4 is 11.4 Å². The average molecular weight is 201 g/mol. The Morgan fingerprint density at radius 1 is 1.27 bits per heavy atom. The first kappa shape index (κ1) is 9.45. The fraction of sp³-hybridized carbons (Fsp3) is 0.0909. The molecule has 0 radical (unpaired) electrons. The zero-order valence-electron chi connectivity index (χ0n) is 8.13. The molecule has 2 rings (SSSR count). The third-order valence-electron chi connectivity index (χ3n) is 2.12. The lowest BCUT2D eigenvalue weighted by atomic mass is 10.2. The molecule has 15 heavy (non-hydrogen) atoms. The van der Waals surface area contributed by atoms with Gasteiger partial charge in [-0.3, -0.25) is 4.57 Å². The Bertz CT molecular complexity index is 502. The van der Waals surface area contributed by atoms with Gasteiger partial charge in [0.15, 0.2) is 0 Å². The largest absolute Gasteiger partial charge is 0.399 e. The van der Waals surface area contributed by atoms with Crippen LogP contribution in [0, 0.1) is 0 Å². The lowest BCUT2D eigenvalue weighted by molar-refractivity contribution is 0.727. The molecule has 0 aliphatic rings. The molecule has 1 heterocycles. The van der Waals surface area contributed by atoms with E-state index in [1.807, 2.05) is 24.3 Å². The number of nitrogens with zero attached hydrogens (tertiary/aromatic N) is 2. The first-order chi connectivity index (χ1) is 7.25. The van der Waals surface area contributed by atoms with E-state index in [2.05, 4.69) is 4.98 Å². The molecular formula is C11H11N3O. The summed E-state index contributed by atoms with van der Waals surface area (Å²) in [6.45, 7) is 0.521. The zero-order valence-corrected chi connectivity index (χ0v) is 8.13. The molecule has 0 fully saturated rings. The van der Waals surface area contributed by atoms with Crippen molar-refractivity contribution in [3.05, 3.63) is 58.8 Å². The van der Waals surface area contributed by atoms with Crippen molar-refractivity contribution in [2.45, 2.75) is 6.54 Å². The summed E-state index contributed by atoms with van der Waals surface area (Å²) in [7, 11) is 0. The number of hydrogen-bond donors (Lipinski definition) is 1. The van der Waals surface area contributed by atoms with Crippen LogP contribution >= 0.6 is 0 Å². The molecule has 2 N–H and O–H groups in total. The molecule has 0 aliphatic heterocycles. The third-order valence-corrected chi connectivity index (χ3v) is 2.12. The summed E-state index contributed by atoms with van der Waals surface area (Å²) in [6.07, 6.45) is 3.20. The molecule has 1 aromatic carbocycles. The van der Waals surface area contributed by atoms with Gasteiger partial charge in [0.2, 0.25) is 0 Å². The number of anilines is 1. The average Bonchev–Trinajstić information content (AvgIpc) is 2.25. The van der Waals surface area contributed by atoms with Gasteiger partial charge in [0, 0.05) is 18.1 Å². The Morgan fingerprint density at radius 2 is 2.00 bits per heavy atom. The van der Waals surface area contributed by atoms with Crippen LogP contribution in [0.3, 0.4) is 0 Å². The molecule has 0 saturated heterocycles. The Labute approximate surface area is 87.0 Å². The number of benzene rings is 1. The number of nitrogen functional groups attached to an aromatic ring is 1. The van der Waals surface area contributed by atoms with E-state index < -0.39 is 0 Å². The van der Waals surface area contributed by atoms with Crippen molar-refractivity contribution in [3.8, 4) is 0 Å². The van der Waals surface area contributed by atoms with Gasteiger partial charge in [0.05, 0.1) is 6.54 Å². The Balaban J connectivity index is 2.26. The highest BCUT2D eigenvalue weighted by Crippen LogP contribution is 2.05. The second kappa shape index (κ2) is 3.96. The maximum atomic E-state index is 11.3. The van der Waals surface area contributed by atoms with E-state index in [4.69, 9.17) is 5.73 Å². The number of aromatic nitrogens is 2. The maximum absolute atomic E-state index is 11.3. The van der Waals surface area contributed by atoms with Crippen LogP contribution in [0.5, 0.6) is 0 Å². The van der Waals surface area contributed by atoms with E-state index in [9.17, 15) is 4.79 Å². The summed E-state index contributed by atoms with van der Waals surface area (Å²) in [4.78, 5) is 15.0. The van der Waals surface area contributed by atoms with Crippen molar-refractivity contribution in [1.29, 1.82) is 0 Å². The molecule has 0 bridgehead atoms. The van der Waals surface area contributed by atoms with E-state index in [1.165, 1.54) is 6.20 Å². The van der Waals surface area contributed by atoms with Crippen LogP contribution in [0.4, 0.5) is 5.69 Å². The second-order valence-electron chi connectivity index (χ2n) is 3.27. The summed E-state index contributed by atoms with van der Waals surface area (Å²) in [6, 6.07) is 9.16. The van der Waals surface area contributed by atoms with Crippen LogP contribution in [-0.2, 0) is 6.54 Å². The van der Waals surface area contributed by atoms with Crippen LogP contribution in [0.15, 0.2) is 47.5 Å². The number of nitrogens with two attached hydrogens (primary N) is 1. The lowest BCUT2D eigenvalue weighted by Crippen LogP contribution is -2.21. The Hall–Kier alpha value is -2.10. The van der Waals surface area contributed by atoms with Crippen molar-refractivity contribution in [2.75, 3.05) is 5.73 Å². The van der Waals surface area contributed by atoms with E-state index in [-0.39, 0.29) is 5.69 Å². The van der Waals surface area contributed by atoms with E-state index >= 15 is 0 Å². The maximum Gasteiger partial charge on any atom is 0.347 e.